The highest BCUT2D eigenvalue weighted by atomic mass is 79.9. The first-order chi connectivity index (χ1) is 7.60. The summed E-state index contributed by atoms with van der Waals surface area (Å²) in [6.07, 6.45) is 0.873. The van der Waals surface area contributed by atoms with E-state index in [0.717, 1.165) is 16.4 Å². The van der Waals surface area contributed by atoms with Crippen molar-refractivity contribution in [2.24, 2.45) is 0 Å². The fourth-order valence-electron chi connectivity index (χ4n) is 1.51. The Balaban J connectivity index is 3.00. The lowest BCUT2D eigenvalue weighted by Gasteiger charge is -2.27. The van der Waals surface area contributed by atoms with Gasteiger partial charge in [-0.3, -0.25) is 4.79 Å². The van der Waals surface area contributed by atoms with Gasteiger partial charge in [0.15, 0.2) is 6.29 Å². The minimum Gasteiger partial charge on any atom is -0.383 e. The van der Waals surface area contributed by atoms with Crippen LogP contribution in [0.4, 0.5) is 5.69 Å². The zero-order valence-corrected chi connectivity index (χ0v) is 11.3. The summed E-state index contributed by atoms with van der Waals surface area (Å²) in [5, 5.41) is 0. The fraction of sp³-hybridized carbons (Fsp3) is 0.417. The van der Waals surface area contributed by atoms with Crippen molar-refractivity contribution in [3.05, 3.63) is 28.2 Å². The third-order valence-corrected chi connectivity index (χ3v) is 3.06. The number of carbonyl (C=O) groups excluding carboxylic acids is 1. The predicted octanol–water partition coefficient (Wildman–Crippen LogP) is 2.73. The quantitative estimate of drug-likeness (QED) is 0.779. The molecule has 0 aliphatic heterocycles. The van der Waals surface area contributed by atoms with E-state index in [9.17, 15) is 4.79 Å². The molecule has 88 valence electrons. The Morgan fingerprint density at radius 2 is 2.25 bits per heavy atom. The van der Waals surface area contributed by atoms with E-state index < -0.39 is 0 Å². The van der Waals surface area contributed by atoms with Gasteiger partial charge in [0.05, 0.1) is 6.61 Å². The van der Waals surface area contributed by atoms with Gasteiger partial charge in [0.1, 0.15) is 0 Å². The molecule has 0 aliphatic carbocycles. The minimum atomic E-state index is 0.220. The molecule has 0 spiro atoms. The first-order valence-corrected chi connectivity index (χ1v) is 5.86. The molecule has 1 aromatic carbocycles. The molecule has 1 unspecified atom stereocenters. The highest BCUT2D eigenvalue weighted by Gasteiger charge is 2.13. The lowest BCUT2D eigenvalue weighted by molar-refractivity contribution is 0.112. The molecule has 1 aromatic rings. The maximum Gasteiger partial charge on any atom is 0.152 e. The third-order valence-electron chi connectivity index (χ3n) is 2.57. The van der Waals surface area contributed by atoms with Gasteiger partial charge in [-0.15, -0.1) is 0 Å². The number of carbonyl (C=O) groups is 1. The molecule has 0 bridgehead atoms. The maximum absolute atomic E-state index is 11.0. The van der Waals surface area contributed by atoms with E-state index >= 15 is 0 Å². The largest absolute Gasteiger partial charge is 0.383 e. The molecule has 0 aliphatic rings. The summed E-state index contributed by atoms with van der Waals surface area (Å²) in [5.74, 6) is 0. The molecule has 0 saturated heterocycles. The van der Waals surface area contributed by atoms with Gasteiger partial charge in [-0.25, -0.2) is 0 Å². The number of anilines is 1. The monoisotopic (exact) mass is 285 g/mol. The topological polar surface area (TPSA) is 29.5 Å². The maximum atomic E-state index is 11.0. The van der Waals surface area contributed by atoms with E-state index in [2.05, 4.69) is 22.9 Å². The molecule has 3 nitrogen and oxygen atoms in total. The Morgan fingerprint density at radius 3 is 2.81 bits per heavy atom. The molecule has 0 saturated carbocycles. The van der Waals surface area contributed by atoms with Crippen LogP contribution in [-0.4, -0.2) is 33.1 Å². The molecule has 1 atom stereocenters. The average Bonchev–Trinajstić information content (AvgIpc) is 2.28. The number of halogens is 1. The molecule has 16 heavy (non-hydrogen) atoms. The highest BCUT2D eigenvalue weighted by Crippen LogP contribution is 2.24. The number of hydrogen-bond acceptors (Lipinski definition) is 3. The van der Waals surface area contributed by atoms with Crippen LogP contribution in [-0.2, 0) is 4.74 Å². The Hall–Kier alpha value is -0.870. The zero-order valence-electron chi connectivity index (χ0n) is 9.74. The van der Waals surface area contributed by atoms with Crippen LogP contribution in [0.1, 0.15) is 17.3 Å². The molecule has 0 amide bonds. The number of methoxy groups -OCH3 is 1. The van der Waals surface area contributed by atoms with Crippen molar-refractivity contribution in [1.82, 2.24) is 0 Å². The second-order valence-corrected chi connectivity index (χ2v) is 4.65. The Bertz CT molecular complexity index is 368. The Kier molecular flexibility index (Phi) is 4.96. The van der Waals surface area contributed by atoms with E-state index in [0.29, 0.717) is 12.2 Å². The number of aldehydes is 1. The standard InChI is InChI=1S/C12H16BrNO2/c1-9(8-16-3)14(2)12-6-11(13)5-4-10(12)7-15/h4-7,9H,8H2,1-3H3. The zero-order chi connectivity index (χ0) is 12.1. The van der Waals surface area contributed by atoms with Gasteiger partial charge >= 0.3 is 0 Å². The van der Waals surface area contributed by atoms with Crippen LogP contribution >= 0.6 is 15.9 Å². The lowest BCUT2D eigenvalue weighted by atomic mass is 10.1. The van der Waals surface area contributed by atoms with Crippen LogP contribution in [0.15, 0.2) is 22.7 Å². The molecular formula is C12H16BrNO2. The van der Waals surface area contributed by atoms with Crippen molar-refractivity contribution in [2.45, 2.75) is 13.0 Å². The van der Waals surface area contributed by atoms with Gasteiger partial charge < -0.3 is 9.64 Å². The second-order valence-electron chi connectivity index (χ2n) is 3.74. The molecule has 4 heteroatoms. The summed E-state index contributed by atoms with van der Waals surface area (Å²) >= 11 is 3.41. The first kappa shape index (κ1) is 13.2. The van der Waals surface area contributed by atoms with Crippen molar-refractivity contribution in [3.63, 3.8) is 0 Å². The highest BCUT2D eigenvalue weighted by molar-refractivity contribution is 9.10. The van der Waals surface area contributed by atoms with Crippen molar-refractivity contribution in [2.75, 3.05) is 25.7 Å². The summed E-state index contributed by atoms with van der Waals surface area (Å²) in [6.45, 7) is 2.68. The average molecular weight is 286 g/mol. The molecule has 0 aromatic heterocycles. The summed E-state index contributed by atoms with van der Waals surface area (Å²) in [7, 11) is 3.63. The number of ether oxygens (including phenoxy) is 1. The van der Waals surface area contributed by atoms with Crippen molar-refractivity contribution in [3.8, 4) is 0 Å². The summed E-state index contributed by atoms with van der Waals surface area (Å²) in [4.78, 5) is 13.0. The van der Waals surface area contributed by atoms with E-state index in [-0.39, 0.29) is 6.04 Å². The van der Waals surface area contributed by atoms with Crippen LogP contribution in [0.2, 0.25) is 0 Å². The molecular weight excluding hydrogens is 270 g/mol. The van der Waals surface area contributed by atoms with Crippen molar-refractivity contribution in [1.29, 1.82) is 0 Å². The SMILES string of the molecule is COCC(C)N(C)c1cc(Br)ccc1C=O. The van der Waals surface area contributed by atoms with E-state index in [4.69, 9.17) is 4.74 Å². The van der Waals surface area contributed by atoms with Crippen LogP contribution in [0, 0.1) is 0 Å². The number of nitrogens with zero attached hydrogens (tertiary/aromatic N) is 1. The molecule has 1 rings (SSSR count). The third kappa shape index (κ3) is 3.06. The number of likely N-dealkylation sites (N-methyl/N-ethyl adjacent to an activating group) is 1. The predicted molar refractivity (Wildman–Crippen MR) is 69.3 cm³/mol. The van der Waals surface area contributed by atoms with Crippen molar-refractivity contribution >= 4 is 27.9 Å². The second kappa shape index (κ2) is 6.01. The number of rotatable bonds is 5. The van der Waals surface area contributed by atoms with E-state index in [1.54, 1.807) is 7.11 Å². The van der Waals surface area contributed by atoms with Gasteiger partial charge in [0, 0.05) is 35.9 Å². The summed E-state index contributed by atoms with van der Waals surface area (Å²) in [6, 6.07) is 5.83. The summed E-state index contributed by atoms with van der Waals surface area (Å²) in [5.41, 5.74) is 1.60. The number of hydrogen-bond donors (Lipinski definition) is 0. The van der Waals surface area contributed by atoms with Crippen LogP contribution < -0.4 is 4.90 Å². The van der Waals surface area contributed by atoms with Gasteiger partial charge in [-0.2, -0.15) is 0 Å². The molecule has 0 N–H and O–H groups in total. The first-order valence-electron chi connectivity index (χ1n) is 5.06. The van der Waals surface area contributed by atoms with Crippen LogP contribution in [0.5, 0.6) is 0 Å². The lowest BCUT2D eigenvalue weighted by Crippen LogP contribution is -2.33. The molecule has 0 radical (unpaired) electrons. The Labute approximate surface area is 105 Å². The minimum absolute atomic E-state index is 0.220. The molecule has 0 fully saturated rings. The van der Waals surface area contributed by atoms with Gasteiger partial charge in [0.2, 0.25) is 0 Å². The van der Waals surface area contributed by atoms with Crippen LogP contribution in [0.25, 0.3) is 0 Å². The summed E-state index contributed by atoms with van der Waals surface area (Å²) < 4.78 is 6.07. The normalized spacial score (nSPS) is 12.2. The van der Waals surface area contributed by atoms with Crippen molar-refractivity contribution < 1.29 is 9.53 Å². The van der Waals surface area contributed by atoms with Gasteiger partial charge in [0.25, 0.3) is 0 Å². The van der Waals surface area contributed by atoms with Gasteiger partial charge in [-0.1, -0.05) is 15.9 Å². The smallest absolute Gasteiger partial charge is 0.152 e. The van der Waals surface area contributed by atoms with E-state index in [1.807, 2.05) is 30.1 Å². The Morgan fingerprint density at radius 1 is 1.56 bits per heavy atom. The fourth-order valence-corrected chi connectivity index (χ4v) is 1.86. The van der Waals surface area contributed by atoms with Crippen LogP contribution in [0.3, 0.4) is 0 Å². The van der Waals surface area contributed by atoms with E-state index in [1.165, 1.54) is 0 Å². The molecule has 0 heterocycles. The number of benzene rings is 1. The van der Waals surface area contributed by atoms with Gasteiger partial charge in [-0.05, 0) is 25.1 Å².